The Kier molecular flexibility index (Phi) is 13.7. The molecule has 230 valence electrons. The van der Waals surface area contributed by atoms with Gasteiger partial charge in [-0.2, -0.15) is 0 Å². The fraction of sp³-hybridized carbons (Fsp3) is 0.382. The van der Waals surface area contributed by atoms with Crippen LogP contribution >= 0.6 is 0 Å². The molecule has 0 saturated heterocycles. The van der Waals surface area contributed by atoms with Gasteiger partial charge in [-0.3, -0.25) is 9.59 Å². The minimum atomic E-state index is -0.488. The van der Waals surface area contributed by atoms with Crippen LogP contribution in [0.25, 0.3) is 11.1 Å². The molecule has 9 heteroatoms. The maximum atomic E-state index is 12.6. The summed E-state index contributed by atoms with van der Waals surface area (Å²) in [6, 6.07) is 21.8. The minimum absolute atomic E-state index is 0.0513. The van der Waals surface area contributed by atoms with Crippen LogP contribution in [0.1, 0.15) is 49.5 Å². The van der Waals surface area contributed by atoms with Crippen LogP contribution in [-0.2, 0) is 30.3 Å². The number of esters is 3. The van der Waals surface area contributed by atoms with Crippen molar-refractivity contribution >= 4 is 17.9 Å². The van der Waals surface area contributed by atoms with E-state index < -0.39 is 17.9 Å². The third-order valence-corrected chi connectivity index (χ3v) is 6.82. The molecule has 0 saturated carbocycles. The van der Waals surface area contributed by atoms with Gasteiger partial charge < -0.3 is 29.4 Å². The monoisotopic (exact) mass is 591 g/mol. The highest BCUT2D eigenvalue weighted by Crippen LogP contribution is 2.24. The van der Waals surface area contributed by atoms with Crippen molar-refractivity contribution in [2.45, 2.75) is 40.2 Å². The second kappa shape index (κ2) is 17.7. The summed E-state index contributed by atoms with van der Waals surface area (Å²) in [5, 5.41) is 0. The highest BCUT2D eigenvalue weighted by Gasteiger charge is 2.25. The summed E-state index contributed by atoms with van der Waals surface area (Å²) < 4.78 is 26.9. The first-order valence-corrected chi connectivity index (χ1v) is 14.6. The summed E-state index contributed by atoms with van der Waals surface area (Å²) in [7, 11) is 0. The van der Waals surface area contributed by atoms with Crippen LogP contribution in [0.2, 0.25) is 0 Å². The molecule has 0 aromatic heterocycles. The van der Waals surface area contributed by atoms with E-state index in [-0.39, 0.29) is 31.7 Å². The second-order valence-corrected chi connectivity index (χ2v) is 9.96. The van der Waals surface area contributed by atoms with Crippen molar-refractivity contribution in [2.24, 2.45) is 17.6 Å². The van der Waals surface area contributed by atoms with E-state index in [1.54, 1.807) is 43.3 Å². The van der Waals surface area contributed by atoms with E-state index >= 15 is 0 Å². The van der Waals surface area contributed by atoms with Crippen molar-refractivity contribution in [3.8, 4) is 22.6 Å². The average Bonchev–Trinajstić information content (AvgIpc) is 3.04. The topological polar surface area (TPSA) is 123 Å². The Balaban J connectivity index is 1.38. The van der Waals surface area contributed by atoms with E-state index in [0.29, 0.717) is 49.7 Å². The lowest BCUT2D eigenvalue weighted by Crippen LogP contribution is -2.25. The lowest BCUT2D eigenvalue weighted by molar-refractivity contribution is -0.153. The molecule has 0 aliphatic heterocycles. The Labute approximate surface area is 253 Å². The molecule has 43 heavy (non-hydrogen) atoms. The molecule has 3 rings (SSSR count). The summed E-state index contributed by atoms with van der Waals surface area (Å²) in [4.78, 5) is 37.3. The van der Waals surface area contributed by atoms with E-state index in [2.05, 4.69) is 0 Å². The molecule has 0 aliphatic carbocycles. The van der Waals surface area contributed by atoms with Gasteiger partial charge in [0.15, 0.2) is 0 Å². The molecule has 0 heterocycles. The first-order valence-electron chi connectivity index (χ1n) is 14.6. The van der Waals surface area contributed by atoms with Gasteiger partial charge in [0.2, 0.25) is 0 Å². The number of nitrogens with two attached hydrogens (primary N) is 1. The number of carbonyl (C=O) groups excluding carboxylic acids is 3. The summed E-state index contributed by atoms with van der Waals surface area (Å²) in [5.74, 6) is -1.12. The van der Waals surface area contributed by atoms with Crippen molar-refractivity contribution in [1.82, 2.24) is 0 Å². The van der Waals surface area contributed by atoms with Crippen LogP contribution in [-0.4, -0.2) is 50.9 Å². The van der Waals surface area contributed by atoms with Gasteiger partial charge in [0, 0.05) is 13.2 Å². The van der Waals surface area contributed by atoms with Crippen molar-refractivity contribution in [2.75, 3.05) is 33.0 Å². The molecule has 2 N–H and O–H groups in total. The van der Waals surface area contributed by atoms with E-state index in [9.17, 15) is 14.4 Å². The molecular formula is C34H41NO8. The zero-order valence-corrected chi connectivity index (χ0v) is 25.1. The Morgan fingerprint density at radius 1 is 0.721 bits per heavy atom. The van der Waals surface area contributed by atoms with Gasteiger partial charge in [-0.25, -0.2) is 4.79 Å². The predicted molar refractivity (Wildman–Crippen MR) is 163 cm³/mol. The lowest BCUT2D eigenvalue weighted by atomic mass is 9.94. The normalized spacial score (nSPS) is 12.2. The van der Waals surface area contributed by atoms with E-state index in [0.717, 1.165) is 16.7 Å². The van der Waals surface area contributed by atoms with Crippen molar-refractivity contribution in [3.05, 3.63) is 83.9 Å². The molecule has 2 atom stereocenters. The third kappa shape index (κ3) is 10.9. The Morgan fingerprint density at radius 2 is 1.30 bits per heavy atom. The van der Waals surface area contributed by atoms with Crippen molar-refractivity contribution in [1.29, 1.82) is 0 Å². The lowest BCUT2D eigenvalue weighted by Gasteiger charge is -2.18. The predicted octanol–water partition coefficient (Wildman–Crippen LogP) is 5.59. The Hall–Kier alpha value is -4.21. The number of ether oxygens (including phenoxy) is 5. The van der Waals surface area contributed by atoms with Crippen LogP contribution in [0.3, 0.4) is 0 Å². The second-order valence-electron chi connectivity index (χ2n) is 9.96. The van der Waals surface area contributed by atoms with E-state index in [1.165, 1.54) is 0 Å². The van der Waals surface area contributed by atoms with Gasteiger partial charge in [-0.05, 0) is 72.9 Å². The summed E-state index contributed by atoms with van der Waals surface area (Å²) >= 11 is 0. The summed E-state index contributed by atoms with van der Waals surface area (Å²) in [6.07, 6.45) is 0.906. The van der Waals surface area contributed by atoms with Gasteiger partial charge in [0.1, 0.15) is 31.3 Å². The standard InChI is InChI=1S/C34H41NO8/c1-4-26(33(37)42-19-18-39-5-2)22-24(3)32(36)41-21-20-40-30-14-12-29(13-15-30)34(38)43-31-16-10-28(11-17-31)27-8-6-25(23-35)7-9-27/h6-17,24,26H,4-5,18-23,35H2,1-3H3. The summed E-state index contributed by atoms with van der Waals surface area (Å²) in [5.41, 5.74) is 9.14. The Bertz CT molecular complexity index is 1290. The molecule has 0 amide bonds. The highest BCUT2D eigenvalue weighted by molar-refractivity contribution is 5.91. The molecule has 9 nitrogen and oxygen atoms in total. The molecule has 3 aromatic carbocycles. The van der Waals surface area contributed by atoms with Gasteiger partial charge >= 0.3 is 17.9 Å². The van der Waals surface area contributed by atoms with Crippen LogP contribution in [0.5, 0.6) is 11.5 Å². The maximum Gasteiger partial charge on any atom is 0.343 e. The third-order valence-electron chi connectivity index (χ3n) is 6.82. The van der Waals surface area contributed by atoms with Gasteiger partial charge in [-0.1, -0.05) is 50.2 Å². The number of hydrogen-bond acceptors (Lipinski definition) is 9. The van der Waals surface area contributed by atoms with Gasteiger partial charge in [0.05, 0.1) is 24.0 Å². The fourth-order valence-corrected chi connectivity index (χ4v) is 4.26. The molecule has 0 spiro atoms. The number of hydrogen-bond donors (Lipinski definition) is 1. The summed E-state index contributed by atoms with van der Waals surface area (Å²) in [6.45, 7) is 7.28. The van der Waals surface area contributed by atoms with Gasteiger partial charge in [-0.15, -0.1) is 0 Å². The smallest absolute Gasteiger partial charge is 0.343 e. The highest BCUT2D eigenvalue weighted by atomic mass is 16.6. The number of carbonyl (C=O) groups is 3. The van der Waals surface area contributed by atoms with Gasteiger partial charge in [0.25, 0.3) is 0 Å². The van der Waals surface area contributed by atoms with Crippen molar-refractivity contribution in [3.63, 3.8) is 0 Å². The number of rotatable bonds is 17. The number of benzene rings is 3. The molecule has 0 bridgehead atoms. The molecule has 0 radical (unpaired) electrons. The average molecular weight is 592 g/mol. The zero-order chi connectivity index (χ0) is 31.0. The van der Waals surface area contributed by atoms with Crippen LogP contribution in [0.15, 0.2) is 72.8 Å². The SMILES string of the molecule is CCOCCOC(=O)C(CC)CC(C)C(=O)OCCOc1ccc(C(=O)Oc2ccc(-c3ccc(CN)cc3)cc2)cc1. The van der Waals surface area contributed by atoms with E-state index in [1.807, 2.05) is 50.2 Å². The van der Waals surface area contributed by atoms with Crippen molar-refractivity contribution < 1.29 is 38.1 Å². The first-order chi connectivity index (χ1) is 20.8. The van der Waals surface area contributed by atoms with Crippen LogP contribution in [0.4, 0.5) is 0 Å². The molecule has 3 aromatic rings. The molecule has 0 fully saturated rings. The Morgan fingerprint density at radius 3 is 1.91 bits per heavy atom. The van der Waals surface area contributed by atoms with E-state index in [4.69, 9.17) is 29.4 Å². The largest absolute Gasteiger partial charge is 0.490 e. The quantitative estimate of drug-likeness (QED) is 0.122. The first kappa shape index (κ1) is 33.3. The molecular weight excluding hydrogens is 550 g/mol. The van der Waals surface area contributed by atoms with Crippen LogP contribution in [0, 0.1) is 11.8 Å². The minimum Gasteiger partial charge on any atom is -0.490 e. The van der Waals surface area contributed by atoms with Crippen LogP contribution < -0.4 is 15.2 Å². The maximum absolute atomic E-state index is 12.6. The molecule has 0 aliphatic rings. The zero-order valence-electron chi connectivity index (χ0n) is 25.1. The molecule has 2 unspecified atom stereocenters. The fourth-order valence-electron chi connectivity index (χ4n) is 4.26.